The molecule has 0 spiro atoms. The first-order chi connectivity index (χ1) is 7.92. The van der Waals surface area contributed by atoms with E-state index < -0.39 is 0 Å². The summed E-state index contributed by atoms with van der Waals surface area (Å²) in [6, 6.07) is 0. The topological polar surface area (TPSA) is 50.8 Å². The van der Waals surface area contributed by atoms with Crippen molar-refractivity contribution in [3.8, 4) is 0 Å². The SMILES string of the molecule is CNCC1CN(C(=O)COC(C)(C)C)CCO1. The van der Waals surface area contributed by atoms with Crippen LogP contribution >= 0.6 is 0 Å². The van der Waals surface area contributed by atoms with Crippen LogP contribution in [-0.2, 0) is 14.3 Å². The highest BCUT2D eigenvalue weighted by molar-refractivity contribution is 5.77. The van der Waals surface area contributed by atoms with Gasteiger partial charge in [-0.05, 0) is 27.8 Å². The molecule has 17 heavy (non-hydrogen) atoms. The highest BCUT2D eigenvalue weighted by Gasteiger charge is 2.24. The summed E-state index contributed by atoms with van der Waals surface area (Å²) < 4.78 is 11.0. The fourth-order valence-electron chi connectivity index (χ4n) is 1.67. The van der Waals surface area contributed by atoms with E-state index in [9.17, 15) is 4.79 Å². The number of amides is 1. The Bertz CT molecular complexity index is 249. The Balaban J connectivity index is 2.36. The van der Waals surface area contributed by atoms with Crippen LogP contribution in [0.3, 0.4) is 0 Å². The Morgan fingerprint density at radius 2 is 2.24 bits per heavy atom. The standard InChI is InChI=1S/C12H24N2O3/c1-12(2,3)17-9-11(15)14-5-6-16-10(8-14)7-13-4/h10,13H,5-9H2,1-4H3. The van der Waals surface area contributed by atoms with Gasteiger partial charge in [-0.25, -0.2) is 0 Å². The first-order valence-electron chi connectivity index (χ1n) is 6.10. The van der Waals surface area contributed by atoms with Gasteiger partial charge < -0.3 is 19.7 Å². The van der Waals surface area contributed by atoms with Gasteiger partial charge >= 0.3 is 0 Å². The van der Waals surface area contributed by atoms with Gasteiger partial charge in [0, 0.05) is 19.6 Å². The van der Waals surface area contributed by atoms with Crippen LogP contribution in [0.5, 0.6) is 0 Å². The van der Waals surface area contributed by atoms with Crippen LogP contribution in [0.2, 0.25) is 0 Å². The average molecular weight is 244 g/mol. The van der Waals surface area contributed by atoms with Crippen molar-refractivity contribution in [3.63, 3.8) is 0 Å². The second kappa shape index (κ2) is 6.33. The molecule has 1 N–H and O–H groups in total. The lowest BCUT2D eigenvalue weighted by atomic mass is 10.2. The van der Waals surface area contributed by atoms with Crippen molar-refractivity contribution in [2.24, 2.45) is 0 Å². The zero-order chi connectivity index (χ0) is 12.9. The molecule has 1 fully saturated rings. The van der Waals surface area contributed by atoms with Crippen LogP contribution < -0.4 is 5.32 Å². The predicted octanol–water partition coefficient (Wildman–Crippen LogP) is 0.248. The van der Waals surface area contributed by atoms with Crippen LogP contribution in [0.4, 0.5) is 0 Å². The van der Waals surface area contributed by atoms with E-state index in [-0.39, 0.29) is 24.2 Å². The highest BCUT2D eigenvalue weighted by Crippen LogP contribution is 2.09. The van der Waals surface area contributed by atoms with Crippen molar-refractivity contribution >= 4 is 5.91 Å². The van der Waals surface area contributed by atoms with Crippen molar-refractivity contribution in [1.82, 2.24) is 10.2 Å². The van der Waals surface area contributed by atoms with Gasteiger partial charge in [-0.15, -0.1) is 0 Å². The number of nitrogens with zero attached hydrogens (tertiary/aromatic N) is 1. The van der Waals surface area contributed by atoms with Crippen LogP contribution in [0, 0.1) is 0 Å². The second-order valence-corrected chi connectivity index (χ2v) is 5.29. The van der Waals surface area contributed by atoms with Gasteiger partial charge in [0.2, 0.25) is 5.91 Å². The lowest BCUT2D eigenvalue weighted by molar-refractivity contribution is -0.148. The molecule has 1 unspecified atom stereocenters. The molecule has 1 heterocycles. The number of nitrogens with one attached hydrogen (secondary N) is 1. The third-order valence-electron chi connectivity index (χ3n) is 2.55. The molecule has 1 saturated heterocycles. The smallest absolute Gasteiger partial charge is 0.248 e. The number of hydrogen-bond donors (Lipinski definition) is 1. The van der Waals surface area contributed by atoms with E-state index in [2.05, 4.69) is 5.32 Å². The van der Waals surface area contributed by atoms with Crippen LogP contribution in [-0.4, -0.2) is 62.4 Å². The fourth-order valence-corrected chi connectivity index (χ4v) is 1.67. The Morgan fingerprint density at radius 3 is 2.82 bits per heavy atom. The molecule has 1 rings (SSSR count). The van der Waals surface area contributed by atoms with Crippen LogP contribution in [0.15, 0.2) is 0 Å². The van der Waals surface area contributed by atoms with E-state index in [4.69, 9.17) is 9.47 Å². The summed E-state index contributed by atoms with van der Waals surface area (Å²) in [4.78, 5) is 13.7. The molecule has 1 amide bonds. The third-order valence-corrected chi connectivity index (χ3v) is 2.55. The molecular formula is C12H24N2O3. The zero-order valence-electron chi connectivity index (χ0n) is 11.3. The Morgan fingerprint density at radius 1 is 1.53 bits per heavy atom. The lowest BCUT2D eigenvalue weighted by Crippen LogP contribution is -2.50. The minimum absolute atomic E-state index is 0.0457. The van der Waals surface area contributed by atoms with Gasteiger partial charge in [0.15, 0.2) is 0 Å². The summed E-state index contributed by atoms with van der Waals surface area (Å²) in [7, 11) is 1.88. The Kier molecular flexibility index (Phi) is 5.36. The Labute approximate surface area is 103 Å². The van der Waals surface area contributed by atoms with E-state index in [0.29, 0.717) is 19.7 Å². The number of carbonyl (C=O) groups excluding carboxylic acids is 1. The van der Waals surface area contributed by atoms with Crippen molar-refractivity contribution in [3.05, 3.63) is 0 Å². The minimum Gasteiger partial charge on any atom is -0.373 e. The van der Waals surface area contributed by atoms with E-state index in [1.54, 1.807) is 0 Å². The van der Waals surface area contributed by atoms with Crippen molar-refractivity contribution in [2.45, 2.75) is 32.5 Å². The maximum atomic E-state index is 11.9. The summed E-state index contributed by atoms with van der Waals surface area (Å²) in [5.74, 6) is 0.0457. The maximum Gasteiger partial charge on any atom is 0.248 e. The monoisotopic (exact) mass is 244 g/mol. The van der Waals surface area contributed by atoms with Crippen LogP contribution in [0.1, 0.15) is 20.8 Å². The molecule has 1 atom stereocenters. The lowest BCUT2D eigenvalue weighted by Gasteiger charge is -2.33. The van der Waals surface area contributed by atoms with E-state index in [1.165, 1.54) is 0 Å². The molecule has 0 aromatic carbocycles. The molecule has 0 bridgehead atoms. The normalized spacial score (nSPS) is 21.6. The van der Waals surface area contributed by atoms with Gasteiger partial charge in [0.1, 0.15) is 6.61 Å². The van der Waals surface area contributed by atoms with Crippen molar-refractivity contribution < 1.29 is 14.3 Å². The molecule has 5 nitrogen and oxygen atoms in total. The molecule has 0 aromatic heterocycles. The third kappa shape index (κ3) is 5.48. The molecule has 0 saturated carbocycles. The predicted molar refractivity (Wildman–Crippen MR) is 66.0 cm³/mol. The molecule has 0 aliphatic carbocycles. The number of morpholine rings is 1. The molecule has 0 aromatic rings. The zero-order valence-corrected chi connectivity index (χ0v) is 11.3. The summed E-state index contributed by atoms with van der Waals surface area (Å²) in [5, 5.41) is 3.06. The molecule has 1 aliphatic rings. The quantitative estimate of drug-likeness (QED) is 0.770. The number of ether oxygens (including phenoxy) is 2. The van der Waals surface area contributed by atoms with E-state index in [1.807, 2.05) is 32.7 Å². The van der Waals surface area contributed by atoms with Crippen molar-refractivity contribution in [2.75, 3.05) is 39.9 Å². The number of likely N-dealkylation sites (N-methyl/N-ethyl adjacent to an activating group) is 1. The first kappa shape index (κ1) is 14.4. The summed E-state index contributed by atoms with van der Waals surface area (Å²) >= 11 is 0. The molecule has 1 aliphatic heterocycles. The number of carbonyl (C=O) groups is 1. The fraction of sp³-hybridized carbons (Fsp3) is 0.917. The average Bonchev–Trinajstić information content (AvgIpc) is 2.26. The highest BCUT2D eigenvalue weighted by atomic mass is 16.5. The number of rotatable bonds is 4. The summed E-state index contributed by atoms with van der Waals surface area (Å²) in [6.07, 6.45) is 0.0901. The van der Waals surface area contributed by atoms with Crippen LogP contribution in [0.25, 0.3) is 0 Å². The molecule has 100 valence electrons. The summed E-state index contributed by atoms with van der Waals surface area (Å²) in [5.41, 5.74) is -0.272. The summed E-state index contributed by atoms with van der Waals surface area (Å²) in [6.45, 7) is 8.67. The number of hydrogen-bond acceptors (Lipinski definition) is 4. The van der Waals surface area contributed by atoms with Gasteiger partial charge in [-0.1, -0.05) is 0 Å². The van der Waals surface area contributed by atoms with E-state index >= 15 is 0 Å². The van der Waals surface area contributed by atoms with Gasteiger partial charge in [0.05, 0.1) is 18.3 Å². The van der Waals surface area contributed by atoms with Gasteiger partial charge in [-0.3, -0.25) is 4.79 Å². The Hall–Kier alpha value is -0.650. The van der Waals surface area contributed by atoms with Crippen molar-refractivity contribution in [1.29, 1.82) is 0 Å². The molecule has 5 heteroatoms. The first-order valence-corrected chi connectivity index (χ1v) is 6.10. The molecule has 0 radical (unpaired) electrons. The van der Waals surface area contributed by atoms with Gasteiger partial charge in [-0.2, -0.15) is 0 Å². The van der Waals surface area contributed by atoms with E-state index in [0.717, 1.165) is 6.54 Å². The minimum atomic E-state index is -0.272. The van der Waals surface area contributed by atoms with Gasteiger partial charge in [0.25, 0.3) is 0 Å². The largest absolute Gasteiger partial charge is 0.373 e. The molecular weight excluding hydrogens is 220 g/mol. The second-order valence-electron chi connectivity index (χ2n) is 5.29. The maximum absolute atomic E-state index is 11.9.